The van der Waals surface area contributed by atoms with E-state index in [1.54, 1.807) is 11.3 Å². The van der Waals surface area contributed by atoms with Gasteiger partial charge in [-0.25, -0.2) is 9.97 Å². The SMILES string of the molecule is CC(CNCCc1csc(N)n1)c1nccs1. The lowest BCUT2D eigenvalue weighted by atomic mass is 10.2. The molecule has 0 bridgehead atoms. The van der Waals surface area contributed by atoms with Crippen LogP contribution in [0.3, 0.4) is 0 Å². The fourth-order valence-corrected chi connectivity index (χ4v) is 2.83. The van der Waals surface area contributed by atoms with Crippen molar-refractivity contribution in [3.8, 4) is 0 Å². The average Bonchev–Trinajstić information content (AvgIpc) is 2.95. The van der Waals surface area contributed by atoms with Gasteiger partial charge in [-0.2, -0.15) is 0 Å². The zero-order valence-electron chi connectivity index (χ0n) is 9.72. The van der Waals surface area contributed by atoms with Crippen LogP contribution in [-0.4, -0.2) is 23.1 Å². The summed E-state index contributed by atoms with van der Waals surface area (Å²) in [6.07, 6.45) is 2.78. The average molecular weight is 268 g/mol. The van der Waals surface area contributed by atoms with Gasteiger partial charge >= 0.3 is 0 Å². The van der Waals surface area contributed by atoms with E-state index in [-0.39, 0.29) is 0 Å². The molecule has 6 heteroatoms. The van der Waals surface area contributed by atoms with Crippen LogP contribution >= 0.6 is 22.7 Å². The van der Waals surface area contributed by atoms with Crippen molar-refractivity contribution in [3.05, 3.63) is 27.7 Å². The van der Waals surface area contributed by atoms with Gasteiger partial charge in [0, 0.05) is 42.4 Å². The van der Waals surface area contributed by atoms with Gasteiger partial charge in [0.25, 0.3) is 0 Å². The molecule has 0 aliphatic carbocycles. The molecule has 0 saturated carbocycles. The number of hydrogen-bond donors (Lipinski definition) is 2. The molecule has 0 aliphatic rings. The van der Waals surface area contributed by atoms with Crippen molar-refractivity contribution in [1.82, 2.24) is 15.3 Å². The van der Waals surface area contributed by atoms with E-state index in [9.17, 15) is 0 Å². The Morgan fingerprint density at radius 1 is 1.47 bits per heavy atom. The summed E-state index contributed by atoms with van der Waals surface area (Å²) >= 11 is 3.21. The second-order valence-electron chi connectivity index (χ2n) is 3.90. The van der Waals surface area contributed by atoms with E-state index in [4.69, 9.17) is 5.73 Å². The molecule has 0 aromatic carbocycles. The number of aromatic nitrogens is 2. The summed E-state index contributed by atoms with van der Waals surface area (Å²) < 4.78 is 0. The van der Waals surface area contributed by atoms with Crippen molar-refractivity contribution >= 4 is 27.8 Å². The predicted molar refractivity (Wildman–Crippen MR) is 73.6 cm³/mol. The normalized spacial score (nSPS) is 12.8. The first-order valence-corrected chi connectivity index (χ1v) is 7.31. The molecule has 17 heavy (non-hydrogen) atoms. The number of nitrogens with zero attached hydrogens (tertiary/aromatic N) is 2. The van der Waals surface area contributed by atoms with Gasteiger partial charge in [-0.1, -0.05) is 6.92 Å². The molecule has 2 rings (SSSR count). The number of rotatable bonds is 6. The van der Waals surface area contributed by atoms with Crippen LogP contribution in [0.1, 0.15) is 23.5 Å². The fourth-order valence-electron chi connectivity index (χ4n) is 1.54. The molecule has 0 aliphatic heterocycles. The number of thiazole rings is 2. The zero-order valence-corrected chi connectivity index (χ0v) is 11.4. The lowest BCUT2D eigenvalue weighted by Crippen LogP contribution is -2.22. The number of nitrogen functional groups attached to an aromatic ring is 1. The molecule has 2 heterocycles. The third-order valence-corrected chi connectivity index (χ3v) is 4.18. The highest BCUT2D eigenvalue weighted by molar-refractivity contribution is 7.13. The molecule has 2 aromatic heterocycles. The van der Waals surface area contributed by atoms with Crippen molar-refractivity contribution in [2.45, 2.75) is 19.3 Å². The zero-order chi connectivity index (χ0) is 12.1. The van der Waals surface area contributed by atoms with Gasteiger partial charge < -0.3 is 11.1 Å². The van der Waals surface area contributed by atoms with Gasteiger partial charge in [0.05, 0.1) is 10.7 Å². The van der Waals surface area contributed by atoms with Crippen LogP contribution in [0, 0.1) is 0 Å². The summed E-state index contributed by atoms with van der Waals surface area (Å²) in [6, 6.07) is 0. The number of anilines is 1. The maximum absolute atomic E-state index is 5.58. The Balaban J connectivity index is 1.66. The molecule has 0 fully saturated rings. The Kier molecular flexibility index (Phi) is 4.47. The van der Waals surface area contributed by atoms with Crippen LogP contribution < -0.4 is 11.1 Å². The molecule has 1 atom stereocenters. The highest BCUT2D eigenvalue weighted by Crippen LogP contribution is 2.16. The summed E-state index contributed by atoms with van der Waals surface area (Å²) in [5, 5.41) is 9.29. The molecular formula is C11H16N4S2. The lowest BCUT2D eigenvalue weighted by Gasteiger charge is -2.09. The molecule has 3 N–H and O–H groups in total. The highest BCUT2D eigenvalue weighted by Gasteiger charge is 2.07. The van der Waals surface area contributed by atoms with Crippen molar-refractivity contribution in [1.29, 1.82) is 0 Å². The maximum atomic E-state index is 5.58. The Hall–Kier alpha value is -0.980. The van der Waals surface area contributed by atoms with Crippen molar-refractivity contribution < 1.29 is 0 Å². The topological polar surface area (TPSA) is 63.8 Å². The van der Waals surface area contributed by atoms with Crippen molar-refractivity contribution in [3.63, 3.8) is 0 Å². The minimum Gasteiger partial charge on any atom is -0.375 e. The van der Waals surface area contributed by atoms with Gasteiger partial charge in [0.15, 0.2) is 5.13 Å². The van der Waals surface area contributed by atoms with Crippen molar-refractivity contribution in [2.24, 2.45) is 0 Å². The number of hydrogen-bond acceptors (Lipinski definition) is 6. The molecule has 0 amide bonds. The minimum absolute atomic E-state index is 0.468. The van der Waals surface area contributed by atoms with E-state index < -0.39 is 0 Å². The smallest absolute Gasteiger partial charge is 0.180 e. The molecule has 1 unspecified atom stereocenters. The minimum atomic E-state index is 0.468. The first kappa shape index (κ1) is 12.5. The molecule has 4 nitrogen and oxygen atoms in total. The van der Waals surface area contributed by atoms with E-state index in [1.807, 2.05) is 17.0 Å². The van der Waals surface area contributed by atoms with E-state index >= 15 is 0 Å². The molecule has 0 saturated heterocycles. The van der Waals surface area contributed by atoms with E-state index in [2.05, 4.69) is 22.2 Å². The molecule has 0 radical (unpaired) electrons. The first-order valence-electron chi connectivity index (χ1n) is 5.55. The first-order chi connectivity index (χ1) is 8.25. The van der Waals surface area contributed by atoms with Gasteiger partial charge in [0.2, 0.25) is 0 Å². The summed E-state index contributed by atoms with van der Waals surface area (Å²) in [6.45, 7) is 4.07. The lowest BCUT2D eigenvalue weighted by molar-refractivity contribution is 0.610. The number of nitrogens with two attached hydrogens (primary N) is 1. The fraction of sp³-hybridized carbons (Fsp3) is 0.455. The monoisotopic (exact) mass is 268 g/mol. The van der Waals surface area contributed by atoms with Gasteiger partial charge in [0.1, 0.15) is 0 Å². The highest BCUT2D eigenvalue weighted by atomic mass is 32.1. The molecular weight excluding hydrogens is 252 g/mol. The van der Waals surface area contributed by atoms with Crippen LogP contribution in [0.15, 0.2) is 17.0 Å². The molecule has 92 valence electrons. The van der Waals surface area contributed by atoms with Gasteiger partial charge in [-0.15, -0.1) is 22.7 Å². The summed E-state index contributed by atoms with van der Waals surface area (Å²) in [5.74, 6) is 0.468. The van der Waals surface area contributed by atoms with E-state index in [0.29, 0.717) is 11.0 Å². The Bertz CT molecular complexity index is 438. The van der Waals surface area contributed by atoms with Gasteiger partial charge in [-0.05, 0) is 0 Å². The largest absolute Gasteiger partial charge is 0.375 e. The number of nitrogens with one attached hydrogen (secondary N) is 1. The van der Waals surface area contributed by atoms with Crippen LogP contribution in [0.5, 0.6) is 0 Å². The molecule has 0 spiro atoms. The summed E-state index contributed by atoms with van der Waals surface area (Å²) in [5.41, 5.74) is 6.65. The predicted octanol–water partition coefficient (Wildman–Crippen LogP) is 2.12. The third-order valence-electron chi connectivity index (χ3n) is 2.45. The van der Waals surface area contributed by atoms with Crippen LogP contribution in [-0.2, 0) is 6.42 Å². The van der Waals surface area contributed by atoms with Crippen LogP contribution in [0.25, 0.3) is 0 Å². The van der Waals surface area contributed by atoms with Gasteiger partial charge in [-0.3, -0.25) is 0 Å². The van der Waals surface area contributed by atoms with Crippen LogP contribution in [0.2, 0.25) is 0 Å². The second kappa shape index (κ2) is 6.09. The van der Waals surface area contributed by atoms with E-state index in [0.717, 1.165) is 25.2 Å². The summed E-state index contributed by atoms with van der Waals surface area (Å²) in [4.78, 5) is 8.53. The Labute approximate surface area is 109 Å². The quantitative estimate of drug-likeness (QED) is 0.788. The molecule has 2 aromatic rings. The third kappa shape index (κ3) is 3.76. The summed E-state index contributed by atoms with van der Waals surface area (Å²) in [7, 11) is 0. The second-order valence-corrected chi connectivity index (χ2v) is 5.72. The Morgan fingerprint density at radius 2 is 2.35 bits per heavy atom. The maximum Gasteiger partial charge on any atom is 0.180 e. The Morgan fingerprint density at radius 3 is 3.00 bits per heavy atom. The van der Waals surface area contributed by atoms with Crippen LogP contribution in [0.4, 0.5) is 5.13 Å². The standard InChI is InChI=1S/C11H16N4S2/c1-8(10-14-4-5-16-10)6-13-3-2-9-7-17-11(12)15-9/h4-5,7-8,13H,2-3,6H2,1H3,(H2,12,15). The van der Waals surface area contributed by atoms with E-state index in [1.165, 1.54) is 16.3 Å². The van der Waals surface area contributed by atoms with Crippen molar-refractivity contribution in [2.75, 3.05) is 18.8 Å².